The van der Waals surface area contributed by atoms with Crippen molar-refractivity contribution in [3.63, 3.8) is 0 Å². The minimum Gasteiger partial charge on any atom is -0.449 e. The van der Waals surface area contributed by atoms with Gasteiger partial charge in [-0.05, 0) is 18.2 Å². The van der Waals surface area contributed by atoms with Gasteiger partial charge in [-0.2, -0.15) is 0 Å². The van der Waals surface area contributed by atoms with Crippen LogP contribution >= 0.6 is 11.6 Å². The third kappa shape index (κ3) is 3.75. The van der Waals surface area contributed by atoms with Crippen molar-refractivity contribution in [1.82, 2.24) is 14.8 Å². The maximum atomic E-state index is 13.3. The number of nitrogens with one attached hydrogen (secondary N) is 1. The molecule has 0 radical (unpaired) electrons. The second-order valence-electron chi connectivity index (χ2n) is 7.35. The van der Waals surface area contributed by atoms with Gasteiger partial charge in [0.2, 0.25) is 5.91 Å². The number of hydrogen-bond donors (Lipinski definition) is 1. The number of carbonyl (C=O) groups excluding carboxylic acids is 1. The van der Waals surface area contributed by atoms with Gasteiger partial charge in [-0.3, -0.25) is 14.6 Å². The molecular weight excluding hydrogens is 359 g/mol. The van der Waals surface area contributed by atoms with Crippen LogP contribution in [0.5, 0.6) is 0 Å². The molecular formula is C18H20ClFN4O2. The van der Waals surface area contributed by atoms with Crippen LogP contribution in [0.2, 0.25) is 5.02 Å². The van der Waals surface area contributed by atoms with Crippen LogP contribution in [-0.2, 0) is 11.3 Å². The summed E-state index contributed by atoms with van der Waals surface area (Å²) < 4.78 is 18.5. The van der Waals surface area contributed by atoms with Gasteiger partial charge in [0.15, 0.2) is 5.89 Å². The fraction of sp³-hybridized carbons (Fsp3) is 0.444. The molecule has 1 aromatic carbocycles. The number of amides is 1. The molecule has 0 aliphatic carbocycles. The zero-order valence-electron chi connectivity index (χ0n) is 14.5. The van der Waals surface area contributed by atoms with Gasteiger partial charge in [0.05, 0.1) is 12.2 Å². The summed E-state index contributed by atoms with van der Waals surface area (Å²) in [6, 6.07) is 4.01. The molecule has 0 saturated carbocycles. The number of nitrogens with zero attached hydrogens (tertiary/aromatic N) is 3. The Hall–Kier alpha value is -1.96. The van der Waals surface area contributed by atoms with E-state index in [9.17, 15) is 9.18 Å². The summed E-state index contributed by atoms with van der Waals surface area (Å²) in [5, 5.41) is 2.96. The van der Waals surface area contributed by atoms with Crippen LogP contribution in [0.3, 0.4) is 0 Å². The molecule has 8 heteroatoms. The highest BCUT2D eigenvalue weighted by atomic mass is 35.5. The average Bonchev–Trinajstić information content (AvgIpc) is 2.86. The van der Waals surface area contributed by atoms with Crippen molar-refractivity contribution in [3.05, 3.63) is 46.9 Å². The molecule has 1 amide bonds. The van der Waals surface area contributed by atoms with E-state index in [1.165, 1.54) is 18.2 Å². The van der Waals surface area contributed by atoms with Crippen LogP contribution < -0.4 is 5.32 Å². The van der Waals surface area contributed by atoms with Crippen LogP contribution in [0.1, 0.15) is 11.6 Å². The number of anilines is 1. The first kappa shape index (κ1) is 17.5. The van der Waals surface area contributed by atoms with Gasteiger partial charge in [0.25, 0.3) is 0 Å². The standard InChI is InChI=1S/C18H20ClFN4O2/c1-12-21-16(7-26-12)5-23-8-18(9-23)10-24(11-18)6-17(25)22-15-3-13(19)2-14(20)4-15/h2-4,7H,5-6,8-11H2,1H3,(H,22,25). The van der Waals surface area contributed by atoms with Gasteiger partial charge in [-0.25, -0.2) is 9.37 Å². The number of benzene rings is 1. The van der Waals surface area contributed by atoms with Gasteiger partial charge in [0.1, 0.15) is 12.1 Å². The maximum Gasteiger partial charge on any atom is 0.238 e. The summed E-state index contributed by atoms with van der Waals surface area (Å²) in [6.07, 6.45) is 1.70. The monoisotopic (exact) mass is 378 g/mol. The normalized spacial score (nSPS) is 19.2. The molecule has 26 heavy (non-hydrogen) atoms. The Morgan fingerprint density at radius 2 is 2.04 bits per heavy atom. The highest BCUT2D eigenvalue weighted by molar-refractivity contribution is 6.30. The Kier molecular flexibility index (Phi) is 4.46. The molecule has 0 atom stereocenters. The Labute approximate surface area is 155 Å². The van der Waals surface area contributed by atoms with Crippen LogP contribution in [0.4, 0.5) is 10.1 Å². The van der Waals surface area contributed by atoms with E-state index in [-0.39, 0.29) is 10.9 Å². The third-order valence-electron chi connectivity index (χ3n) is 4.80. The molecule has 138 valence electrons. The fourth-order valence-electron chi connectivity index (χ4n) is 3.97. The largest absolute Gasteiger partial charge is 0.449 e. The summed E-state index contributed by atoms with van der Waals surface area (Å²) in [4.78, 5) is 20.9. The SMILES string of the molecule is Cc1nc(CN2CC3(CN(CC(=O)Nc4cc(F)cc(Cl)c4)C3)C2)co1. The second-order valence-corrected chi connectivity index (χ2v) is 7.79. The van der Waals surface area contributed by atoms with E-state index < -0.39 is 5.82 Å². The smallest absolute Gasteiger partial charge is 0.238 e. The topological polar surface area (TPSA) is 61.6 Å². The molecule has 2 aliphatic rings. The van der Waals surface area contributed by atoms with Crippen molar-refractivity contribution in [2.24, 2.45) is 5.41 Å². The molecule has 2 saturated heterocycles. The Morgan fingerprint density at radius 3 is 2.69 bits per heavy atom. The third-order valence-corrected chi connectivity index (χ3v) is 5.02. The minimum absolute atomic E-state index is 0.157. The van der Waals surface area contributed by atoms with E-state index in [4.69, 9.17) is 16.0 Å². The summed E-state index contributed by atoms with van der Waals surface area (Å²) in [5.74, 6) is 0.0685. The van der Waals surface area contributed by atoms with Gasteiger partial charge < -0.3 is 9.73 Å². The van der Waals surface area contributed by atoms with Crippen LogP contribution in [0, 0.1) is 18.2 Å². The molecule has 0 unspecified atom stereocenters. The van der Waals surface area contributed by atoms with Gasteiger partial charge >= 0.3 is 0 Å². The number of halogens is 2. The van der Waals surface area contributed by atoms with E-state index in [2.05, 4.69) is 20.1 Å². The fourth-order valence-corrected chi connectivity index (χ4v) is 4.19. The van der Waals surface area contributed by atoms with E-state index in [1.807, 2.05) is 6.92 Å². The lowest BCUT2D eigenvalue weighted by Crippen LogP contribution is -2.72. The Bertz CT molecular complexity index is 806. The molecule has 4 rings (SSSR count). The summed E-state index contributed by atoms with van der Waals surface area (Å²) in [6.45, 7) is 6.77. The van der Waals surface area contributed by atoms with Crippen molar-refractivity contribution in [1.29, 1.82) is 0 Å². The quantitative estimate of drug-likeness (QED) is 0.866. The van der Waals surface area contributed by atoms with E-state index in [0.717, 1.165) is 38.4 Å². The predicted octanol–water partition coefficient (Wildman–Crippen LogP) is 2.53. The Balaban J connectivity index is 1.20. The predicted molar refractivity (Wildman–Crippen MR) is 95.4 cm³/mol. The number of aromatic nitrogens is 1. The first-order chi connectivity index (χ1) is 12.4. The molecule has 0 bridgehead atoms. The average molecular weight is 379 g/mol. The Morgan fingerprint density at radius 1 is 1.31 bits per heavy atom. The first-order valence-electron chi connectivity index (χ1n) is 8.51. The van der Waals surface area contributed by atoms with Crippen LogP contribution in [0.25, 0.3) is 0 Å². The lowest BCUT2D eigenvalue weighted by Gasteiger charge is -2.60. The molecule has 1 spiro atoms. The van der Waals surface area contributed by atoms with E-state index >= 15 is 0 Å². The summed E-state index contributed by atoms with van der Waals surface area (Å²) in [5.41, 5.74) is 1.64. The second kappa shape index (κ2) is 6.64. The number of rotatable bonds is 5. The molecule has 1 aromatic heterocycles. The van der Waals surface area contributed by atoms with Gasteiger partial charge in [-0.15, -0.1) is 0 Å². The highest BCUT2D eigenvalue weighted by Crippen LogP contribution is 2.40. The first-order valence-corrected chi connectivity index (χ1v) is 8.89. The number of likely N-dealkylation sites (tertiary alicyclic amines) is 2. The molecule has 2 aliphatic heterocycles. The zero-order chi connectivity index (χ0) is 18.3. The lowest BCUT2D eigenvalue weighted by molar-refractivity contribution is -0.134. The molecule has 1 N–H and O–H groups in total. The van der Waals surface area contributed by atoms with Gasteiger partial charge in [0, 0.05) is 55.8 Å². The van der Waals surface area contributed by atoms with Crippen molar-refractivity contribution < 1.29 is 13.6 Å². The maximum absolute atomic E-state index is 13.3. The number of hydrogen-bond acceptors (Lipinski definition) is 5. The summed E-state index contributed by atoms with van der Waals surface area (Å²) in [7, 11) is 0. The lowest BCUT2D eigenvalue weighted by atomic mass is 9.73. The van der Waals surface area contributed by atoms with Crippen molar-refractivity contribution >= 4 is 23.2 Å². The number of aryl methyl sites for hydroxylation is 1. The zero-order valence-corrected chi connectivity index (χ0v) is 15.2. The van der Waals surface area contributed by atoms with Crippen molar-refractivity contribution in [2.75, 3.05) is 38.0 Å². The van der Waals surface area contributed by atoms with Gasteiger partial charge in [-0.1, -0.05) is 11.6 Å². The number of carbonyl (C=O) groups is 1. The molecule has 2 aromatic rings. The number of oxazole rings is 1. The van der Waals surface area contributed by atoms with E-state index in [0.29, 0.717) is 23.5 Å². The minimum atomic E-state index is -0.465. The molecule has 6 nitrogen and oxygen atoms in total. The van der Waals surface area contributed by atoms with Crippen LogP contribution in [-0.4, -0.2) is 53.4 Å². The molecule has 2 fully saturated rings. The van der Waals surface area contributed by atoms with E-state index in [1.54, 1.807) is 6.26 Å². The summed E-state index contributed by atoms with van der Waals surface area (Å²) >= 11 is 5.80. The highest BCUT2D eigenvalue weighted by Gasteiger charge is 2.51. The molecule has 3 heterocycles. The van der Waals surface area contributed by atoms with Crippen LogP contribution in [0.15, 0.2) is 28.9 Å². The van der Waals surface area contributed by atoms with Crippen molar-refractivity contribution in [3.8, 4) is 0 Å². The van der Waals surface area contributed by atoms with Crippen molar-refractivity contribution in [2.45, 2.75) is 13.5 Å².